The summed E-state index contributed by atoms with van der Waals surface area (Å²) in [5.41, 5.74) is 0. The maximum atomic E-state index is 12.9. The summed E-state index contributed by atoms with van der Waals surface area (Å²) in [6, 6.07) is 0. The predicted octanol–water partition coefficient (Wildman–Crippen LogP) is 20.0. The van der Waals surface area contributed by atoms with E-state index in [2.05, 4.69) is 34.6 Å². The molecular formula is C61H118O6. The summed E-state index contributed by atoms with van der Waals surface area (Å²) < 4.78 is 16.9. The Morgan fingerprint density at radius 2 is 0.567 bits per heavy atom. The van der Waals surface area contributed by atoms with Crippen LogP contribution in [0, 0.1) is 11.8 Å². The Labute approximate surface area is 418 Å². The van der Waals surface area contributed by atoms with Crippen molar-refractivity contribution >= 4 is 17.9 Å². The average molecular weight is 948 g/mol. The summed E-state index contributed by atoms with van der Waals surface area (Å²) in [6.45, 7) is 11.5. The molecule has 0 aromatic carbocycles. The molecule has 0 spiro atoms. The van der Waals surface area contributed by atoms with Gasteiger partial charge in [-0.2, -0.15) is 0 Å². The van der Waals surface area contributed by atoms with Crippen molar-refractivity contribution in [2.75, 3.05) is 13.2 Å². The molecule has 0 radical (unpaired) electrons. The molecule has 0 aliphatic carbocycles. The molecule has 0 aromatic heterocycles. The van der Waals surface area contributed by atoms with Crippen LogP contribution >= 0.6 is 0 Å². The average Bonchev–Trinajstić information content (AvgIpc) is 3.31. The molecule has 6 nitrogen and oxygen atoms in total. The van der Waals surface area contributed by atoms with Gasteiger partial charge >= 0.3 is 17.9 Å². The van der Waals surface area contributed by atoms with Gasteiger partial charge in [0.15, 0.2) is 6.10 Å². The van der Waals surface area contributed by atoms with Gasteiger partial charge in [0.25, 0.3) is 0 Å². The zero-order valence-corrected chi connectivity index (χ0v) is 46.0. The predicted molar refractivity (Wildman–Crippen MR) is 289 cm³/mol. The smallest absolute Gasteiger partial charge is 0.306 e. The maximum absolute atomic E-state index is 12.9. The van der Waals surface area contributed by atoms with Crippen LogP contribution in [-0.4, -0.2) is 37.2 Å². The quantitative estimate of drug-likeness (QED) is 0.0343. The van der Waals surface area contributed by atoms with Gasteiger partial charge in [0.2, 0.25) is 0 Å². The summed E-state index contributed by atoms with van der Waals surface area (Å²) in [4.78, 5) is 38.2. The Bertz CT molecular complexity index is 1030. The van der Waals surface area contributed by atoms with E-state index < -0.39 is 6.10 Å². The van der Waals surface area contributed by atoms with Gasteiger partial charge in [-0.1, -0.05) is 304 Å². The molecule has 6 heteroatoms. The standard InChI is InChI=1S/C61H118O6/c1-6-8-9-10-11-12-13-14-22-25-31-36-41-46-51-59(62)65-54-58(55-66-60(63)52-47-42-37-32-28-27-30-35-40-45-50-57(5)7-2)67-61(64)53-48-43-38-33-26-23-20-18-16-15-17-19-21-24-29-34-39-44-49-56(3)4/h56-58H,6-55H2,1-5H3/t57?,58-/m1/s1. The van der Waals surface area contributed by atoms with E-state index in [1.54, 1.807) is 0 Å². The highest BCUT2D eigenvalue weighted by Crippen LogP contribution is 2.19. The van der Waals surface area contributed by atoms with E-state index in [4.69, 9.17) is 14.2 Å². The molecule has 0 bridgehead atoms. The van der Waals surface area contributed by atoms with Crippen molar-refractivity contribution in [3.63, 3.8) is 0 Å². The van der Waals surface area contributed by atoms with Crippen LogP contribution in [-0.2, 0) is 28.6 Å². The van der Waals surface area contributed by atoms with Crippen LogP contribution < -0.4 is 0 Å². The van der Waals surface area contributed by atoms with Crippen LogP contribution in [0.4, 0.5) is 0 Å². The summed E-state index contributed by atoms with van der Waals surface area (Å²) in [5, 5.41) is 0. The molecule has 1 unspecified atom stereocenters. The van der Waals surface area contributed by atoms with Gasteiger partial charge < -0.3 is 14.2 Å². The van der Waals surface area contributed by atoms with Crippen molar-refractivity contribution in [2.24, 2.45) is 11.8 Å². The van der Waals surface area contributed by atoms with E-state index in [-0.39, 0.29) is 31.1 Å². The van der Waals surface area contributed by atoms with E-state index in [0.717, 1.165) is 69.6 Å². The number of rotatable bonds is 55. The molecule has 0 aliphatic rings. The number of hydrogen-bond donors (Lipinski definition) is 0. The molecule has 398 valence electrons. The highest BCUT2D eigenvalue weighted by molar-refractivity contribution is 5.71. The summed E-state index contributed by atoms with van der Waals surface area (Å²) >= 11 is 0. The zero-order chi connectivity index (χ0) is 48.9. The Balaban J connectivity index is 4.27. The largest absolute Gasteiger partial charge is 0.462 e. The topological polar surface area (TPSA) is 78.9 Å². The second-order valence-corrected chi connectivity index (χ2v) is 21.7. The lowest BCUT2D eigenvalue weighted by Gasteiger charge is -2.18. The van der Waals surface area contributed by atoms with Gasteiger partial charge in [-0.05, 0) is 31.1 Å². The zero-order valence-electron chi connectivity index (χ0n) is 46.0. The Morgan fingerprint density at radius 1 is 0.313 bits per heavy atom. The van der Waals surface area contributed by atoms with Gasteiger partial charge in [-0.15, -0.1) is 0 Å². The van der Waals surface area contributed by atoms with E-state index in [9.17, 15) is 14.4 Å². The number of carbonyl (C=O) groups excluding carboxylic acids is 3. The molecule has 67 heavy (non-hydrogen) atoms. The second kappa shape index (κ2) is 53.8. The van der Waals surface area contributed by atoms with Crippen molar-refractivity contribution in [3.8, 4) is 0 Å². The number of ether oxygens (including phenoxy) is 3. The number of esters is 3. The third-order valence-corrected chi connectivity index (χ3v) is 14.3. The normalized spacial score (nSPS) is 12.4. The minimum atomic E-state index is -0.763. The van der Waals surface area contributed by atoms with Crippen molar-refractivity contribution in [3.05, 3.63) is 0 Å². The first kappa shape index (κ1) is 65.4. The van der Waals surface area contributed by atoms with E-state index in [1.165, 1.54) is 231 Å². The first-order valence-corrected chi connectivity index (χ1v) is 30.3. The first-order chi connectivity index (χ1) is 32.8. The van der Waals surface area contributed by atoms with E-state index >= 15 is 0 Å². The van der Waals surface area contributed by atoms with Crippen molar-refractivity contribution < 1.29 is 28.6 Å². The van der Waals surface area contributed by atoms with Gasteiger partial charge in [0.05, 0.1) is 0 Å². The van der Waals surface area contributed by atoms with Gasteiger partial charge in [0.1, 0.15) is 13.2 Å². The van der Waals surface area contributed by atoms with Crippen molar-refractivity contribution in [1.29, 1.82) is 0 Å². The highest BCUT2D eigenvalue weighted by atomic mass is 16.6. The summed E-state index contributed by atoms with van der Waals surface area (Å²) in [7, 11) is 0. The molecule has 0 fully saturated rings. The molecule has 0 aromatic rings. The number of unbranched alkanes of at least 4 members (excludes halogenated alkanes) is 39. The SMILES string of the molecule is CCCCCCCCCCCCCCCCC(=O)OC[C@H](COC(=O)CCCCCCCCCCCCC(C)CC)OC(=O)CCCCCCCCCCCCCCCCCCCCC(C)C. The van der Waals surface area contributed by atoms with E-state index in [1.807, 2.05) is 0 Å². The monoisotopic (exact) mass is 947 g/mol. The lowest BCUT2D eigenvalue weighted by molar-refractivity contribution is -0.167. The summed E-state index contributed by atoms with van der Waals surface area (Å²) in [5.74, 6) is 0.892. The van der Waals surface area contributed by atoms with Crippen molar-refractivity contribution in [2.45, 2.75) is 349 Å². The van der Waals surface area contributed by atoms with E-state index in [0.29, 0.717) is 19.3 Å². The maximum Gasteiger partial charge on any atom is 0.306 e. The third kappa shape index (κ3) is 53.6. The number of hydrogen-bond acceptors (Lipinski definition) is 6. The first-order valence-electron chi connectivity index (χ1n) is 30.3. The lowest BCUT2D eigenvalue weighted by Crippen LogP contribution is -2.30. The fourth-order valence-electron chi connectivity index (χ4n) is 9.37. The van der Waals surface area contributed by atoms with Gasteiger partial charge in [0, 0.05) is 19.3 Å². The fourth-order valence-corrected chi connectivity index (χ4v) is 9.37. The molecule has 0 heterocycles. The molecule has 2 atom stereocenters. The minimum Gasteiger partial charge on any atom is -0.462 e. The molecule has 0 amide bonds. The molecule has 0 rings (SSSR count). The van der Waals surface area contributed by atoms with Crippen LogP contribution in [0.15, 0.2) is 0 Å². The second-order valence-electron chi connectivity index (χ2n) is 21.7. The Kier molecular flexibility index (Phi) is 52.5. The highest BCUT2D eigenvalue weighted by Gasteiger charge is 2.19. The van der Waals surface area contributed by atoms with Gasteiger partial charge in [-0.3, -0.25) is 14.4 Å². The molecule has 0 saturated heterocycles. The molecule has 0 N–H and O–H groups in total. The lowest BCUT2D eigenvalue weighted by atomic mass is 9.99. The van der Waals surface area contributed by atoms with Crippen LogP contribution in [0.1, 0.15) is 343 Å². The molecule has 0 saturated carbocycles. The van der Waals surface area contributed by atoms with Crippen LogP contribution in [0.5, 0.6) is 0 Å². The minimum absolute atomic E-state index is 0.0624. The van der Waals surface area contributed by atoms with Crippen LogP contribution in [0.25, 0.3) is 0 Å². The van der Waals surface area contributed by atoms with Crippen molar-refractivity contribution in [1.82, 2.24) is 0 Å². The van der Waals surface area contributed by atoms with Crippen LogP contribution in [0.2, 0.25) is 0 Å². The Morgan fingerprint density at radius 3 is 0.851 bits per heavy atom. The van der Waals surface area contributed by atoms with Gasteiger partial charge in [-0.25, -0.2) is 0 Å². The van der Waals surface area contributed by atoms with Crippen LogP contribution in [0.3, 0.4) is 0 Å². The molecule has 0 aliphatic heterocycles. The third-order valence-electron chi connectivity index (χ3n) is 14.3. The fraction of sp³-hybridized carbons (Fsp3) is 0.951. The Hall–Kier alpha value is -1.59. The summed E-state index contributed by atoms with van der Waals surface area (Å²) in [6.07, 6.45) is 58.0. The number of carbonyl (C=O) groups is 3. The molecular weight excluding hydrogens is 829 g/mol.